The van der Waals surface area contributed by atoms with Crippen LogP contribution in [-0.2, 0) is 71.1 Å². The van der Waals surface area contributed by atoms with Crippen molar-refractivity contribution in [2.45, 2.75) is 69.7 Å². The van der Waals surface area contributed by atoms with Gasteiger partial charge in [-0.3, -0.25) is 58.0 Å². The average molecular weight is 780 g/mol. The Labute approximate surface area is 324 Å². The van der Waals surface area contributed by atoms with Crippen molar-refractivity contribution in [2.75, 3.05) is 21.7 Å². The Morgan fingerprint density at radius 2 is 0.627 bits per heavy atom. The minimum absolute atomic E-state index is 0. The van der Waals surface area contributed by atoms with Crippen molar-refractivity contribution < 1.29 is 75.8 Å². The molecule has 51 heavy (non-hydrogen) atoms. The molecule has 0 aliphatic rings. The molecule has 0 saturated carbocycles. The topological polar surface area (TPSA) is 159 Å². The quantitative estimate of drug-likeness (QED) is 0.311. The maximum atomic E-state index is 11.5. The number of anilines is 3. The molecule has 0 atom stereocenters. The van der Waals surface area contributed by atoms with E-state index in [1.54, 1.807) is 24.3 Å². The summed E-state index contributed by atoms with van der Waals surface area (Å²) in [5.41, 5.74) is 2.48. The number of carbonyl (C=O) groups is 8. The van der Waals surface area contributed by atoms with Crippen molar-refractivity contribution in [3.05, 3.63) is 78.4 Å². The number of hydrogen-bond acceptors (Lipinski definition) is 9. The van der Waals surface area contributed by atoms with Crippen LogP contribution in [0.3, 0.4) is 0 Å². The summed E-state index contributed by atoms with van der Waals surface area (Å²) in [6, 6.07) is 20.6. The predicted octanol–water partition coefficient (Wildman–Crippen LogP) is 5.82. The van der Waals surface area contributed by atoms with Gasteiger partial charge in [-0.2, -0.15) is 0 Å². The number of rotatable bonds is 5. The van der Waals surface area contributed by atoms with Crippen molar-refractivity contribution in [1.82, 2.24) is 4.90 Å². The molecule has 14 heteroatoms. The maximum absolute atomic E-state index is 11.5. The van der Waals surface area contributed by atoms with E-state index in [1.165, 1.54) is 86.7 Å². The second-order valence-electron chi connectivity index (χ2n) is 10.6. The van der Waals surface area contributed by atoms with Gasteiger partial charge >= 0.3 is 0 Å². The minimum Gasteiger partial charge on any atom is -0.457 e. The Kier molecular flexibility index (Phi) is 21.5. The number of imide groups is 4. The van der Waals surface area contributed by atoms with E-state index in [2.05, 4.69) is 0 Å². The van der Waals surface area contributed by atoms with E-state index in [4.69, 9.17) is 4.74 Å². The second kappa shape index (κ2) is 22.8. The van der Waals surface area contributed by atoms with Crippen LogP contribution in [0.1, 0.15) is 68.4 Å². The first kappa shape index (κ1) is 48.2. The molecule has 271 valence electrons. The summed E-state index contributed by atoms with van der Waals surface area (Å²) in [5.74, 6) is -1.29. The summed E-state index contributed by atoms with van der Waals surface area (Å²) in [6.07, 6.45) is 0. The van der Waals surface area contributed by atoms with E-state index in [-0.39, 0.29) is 63.8 Å². The first-order valence-corrected chi connectivity index (χ1v) is 14.9. The summed E-state index contributed by atoms with van der Waals surface area (Å²) < 4.78 is 5.70. The van der Waals surface area contributed by atoms with E-state index in [0.717, 1.165) is 30.9 Å². The summed E-state index contributed by atoms with van der Waals surface area (Å²) >= 11 is 0. The summed E-state index contributed by atoms with van der Waals surface area (Å²) in [7, 11) is 1.45. The van der Waals surface area contributed by atoms with Gasteiger partial charge in [0.25, 0.3) is 0 Å². The third-order valence-corrected chi connectivity index (χ3v) is 6.55. The molecule has 1 radical (unpaired) electrons. The molecule has 3 aromatic carbocycles. The zero-order valence-electron chi connectivity index (χ0n) is 30.0. The monoisotopic (exact) mass is 779 g/mol. The third kappa shape index (κ3) is 15.7. The van der Waals surface area contributed by atoms with Crippen molar-refractivity contribution >= 4 is 64.3 Å². The van der Waals surface area contributed by atoms with Gasteiger partial charge in [-0.1, -0.05) is 25.1 Å². The number of ether oxygens (including phenoxy) is 1. The molecule has 0 fully saturated rings. The van der Waals surface area contributed by atoms with Crippen molar-refractivity contribution in [2.24, 2.45) is 0 Å². The van der Waals surface area contributed by atoms with Gasteiger partial charge in [0.1, 0.15) is 11.5 Å². The predicted molar refractivity (Wildman–Crippen MR) is 192 cm³/mol. The fraction of sp³-hybridized carbons (Fsp3) is 0.297. The van der Waals surface area contributed by atoms with Gasteiger partial charge in [0.05, 0.1) is 17.1 Å². The number of aryl methyl sites for hydroxylation is 1. The molecule has 0 aliphatic heterocycles. The first-order chi connectivity index (χ1) is 22.8. The molecular weight excluding hydrogens is 733 g/mol. The standard InChI is InChI=1S/C17H17NO3.C14H16N2O4.C5H9NO2.CH4.Y/c1-12-4-8-16(9-5-12)21-17-10-6-15(7-11-17)18(13(2)19)14(3)20;1-9(17)15(10(2)18)13-5-7-14(8-6-13)16(11(3)19)12(4)20;1-4(7)6(3)5(2)8;;/h4-11H,1-3H3;5-8H,1-4H3;1-3H3;1H4;. The molecule has 0 aromatic heterocycles. The van der Waals surface area contributed by atoms with Gasteiger partial charge in [-0.05, 0) is 67.6 Å². The normalized spacial score (nSPS) is 9.29. The van der Waals surface area contributed by atoms with E-state index in [1.807, 2.05) is 31.2 Å². The minimum atomic E-state index is -0.403. The maximum Gasteiger partial charge on any atom is 0.230 e. The molecule has 8 amide bonds. The molecule has 0 N–H and O–H groups in total. The van der Waals surface area contributed by atoms with Gasteiger partial charge < -0.3 is 4.74 Å². The first-order valence-electron chi connectivity index (χ1n) is 14.9. The zero-order valence-corrected chi connectivity index (χ0v) is 32.8. The van der Waals surface area contributed by atoms with Crippen molar-refractivity contribution in [3.8, 4) is 11.5 Å². The molecule has 0 saturated heterocycles. The van der Waals surface area contributed by atoms with Crippen LogP contribution in [0.5, 0.6) is 11.5 Å². The molecule has 13 nitrogen and oxygen atoms in total. The number of hydrogen-bond donors (Lipinski definition) is 0. The molecule has 0 unspecified atom stereocenters. The van der Waals surface area contributed by atoms with Crippen molar-refractivity contribution in [1.29, 1.82) is 0 Å². The molecule has 3 rings (SSSR count). The summed E-state index contributed by atoms with van der Waals surface area (Å²) in [6.45, 7) is 12.6. The van der Waals surface area contributed by atoms with Gasteiger partial charge in [-0.25, -0.2) is 0 Å². The van der Waals surface area contributed by atoms with Crippen LogP contribution in [0.2, 0.25) is 0 Å². The largest absolute Gasteiger partial charge is 0.457 e. The molecule has 0 aliphatic carbocycles. The smallest absolute Gasteiger partial charge is 0.230 e. The zero-order chi connectivity index (χ0) is 37.6. The van der Waals surface area contributed by atoms with Gasteiger partial charge in [0.15, 0.2) is 0 Å². The Bertz CT molecular complexity index is 1580. The van der Waals surface area contributed by atoms with Crippen molar-refractivity contribution in [3.63, 3.8) is 0 Å². The number of benzene rings is 3. The average Bonchev–Trinajstić information content (AvgIpc) is 2.99. The molecule has 0 spiro atoms. The van der Waals surface area contributed by atoms with Crippen LogP contribution in [0.4, 0.5) is 17.1 Å². The van der Waals surface area contributed by atoms with Crippen LogP contribution in [0.25, 0.3) is 0 Å². The van der Waals surface area contributed by atoms with Gasteiger partial charge in [0, 0.05) is 95.1 Å². The van der Waals surface area contributed by atoms with Crippen LogP contribution >= 0.6 is 0 Å². The Hall–Kier alpha value is -4.88. The van der Waals surface area contributed by atoms with Crippen LogP contribution < -0.4 is 19.4 Å². The van der Waals surface area contributed by atoms with Crippen LogP contribution in [0.15, 0.2) is 72.8 Å². The number of amides is 8. The van der Waals surface area contributed by atoms with Gasteiger partial charge in [-0.15, -0.1) is 0 Å². The van der Waals surface area contributed by atoms with Crippen LogP contribution in [0, 0.1) is 6.92 Å². The Balaban J connectivity index is 0. The molecule has 0 heterocycles. The summed E-state index contributed by atoms with van der Waals surface area (Å²) in [5, 5.41) is 0. The van der Waals surface area contributed by atoms with E-state index in [9.17, 15) is 38.4 Å². The summed E-state index contributed by atoms with van der Waals surface area (Å²) in [4.78, 5) is 93.3. The van der Waals surface area contributed by atoms with E-state index in [0.29, 0.717) is 22.8 Å². The fourth-order valence-electron chi connectivity index (χ4n) is 4.13. The van der Waals surface area contributed by atoms with Gasteiger partial charge in [0.2, 0.25) is 47.3 Å². The Morgan fingerprint density at radius 3 is 0.824 bits per heavy atom. The number of carbonyl (C=O) groups excluding carboxylic acids is 8. The van der Waals surface area contributed by atoms with E-state index < -0.39 is 23.6 Å². The molecular formula is C37H46N4O9Y. The molecule has 3 aromatic rings. The fourth-order valence-corrected chi connectivity index (χ4v) is 4.13. The number of nitrogens with zero attached hydrogens (tertiary/aromatic N) is 4. The SMILES string of the molecule is C.CC(=O)N(C(C)=O)c1ccc(N(C(C)=O)C(C)=O)cc1.CC(=O)N(C(C)=O)c1ccc(Oc2ccc(C)cc2)cc1.CC(=O)N(C)C(C)=O.[Y]. The Morgan fingerprint density at radius 1 is 0.412 bits per heavy atom. The second-order valence-corrected chi connectivity index (χ2v) is 10.6. The third-order valence-electron chi connectivity index (χ3n) is 6.55. The van der Waals surface area contributed by atoms with Crippen LogP contribution in [-0.4, -0.2) is 59.2 Å². The van der Waals surface area contributed by atoms with E-state index >= 15 is 0 Å². The molecule has 0 bridgehead atoms.